The molecule has 0 fully saturated rings. The summed E-state index contributed by atoms with van der Waals surface area (Å²) in [4.78, 5) is 4.12. The molecule has 0 bridgehead atoms. The quantitative estimate of drug-likeness (QED) is 0.443. The van der Waals surface area contributed by atoms with Crippen molar-refractivity contribution in [3.05, 3.63) is 52.8 Å². The largest absolute Gasteiger partial charge is 0.270 e. The summed E-state index contributed by atoms with van der Waals surface area (Å²) in [5.74, 6) is 1.02. The van der Waals surface area contributed by atoms with Crippen LogP contribution < -0.4 is 5.14 Å². The van der Waals surface area contributed by atoms with Crippen molar-refractivity contribution in [3.8, 4) is 17.1 Å². The number of primary sulfonamides is 1. The molecule has 2 aromatic heterocycles. The van der Waals surface area contributed by atoms with Crippen molar-refractivity contribution in [2.45, 2.75) is 11.6 Å². The minimum Gasteiger partial charge on any atom is -0.270 e. The summed E-state index contributed by atoms with van der Waals surface area (Å²) < 4.78 is 24.0. The van der Waals surface area contributed by atoms with Crippen LogP contribution in [0.2, 0.25) is 10.0 Å². The second-order valence-corrected chi connectivity index (χ2v) is 9.16. The number of hydrogen-bond acceptors (Lipinski definition) is 6. The lowest BCUT2D eigenvalue weighted by Crippen LogP contribution is -2.16. The first-order valence-electron chi connectivity index (χ1n) is 7.79. The maximum atomic E-state index is 11.1. The second kappa shape index (κ2) is 8.57. The Bertz CT molecular complexity index is 1040. The molecular weight excluding hydrogens is 429 g/mol. The van der Waals surface area contributed by atoms with E-state index in [0.717, 1.165) is 11.3 Å². The average Bonchev–Trinajstić information content (AvgIpc) is 3.05. The van der Waals surface area contributed by atoms with Crippen LogP contribution >= 0.6 is 35.0 Å². The highest BCUT2D eigenvalue weighted by Crippen LogP contribution is 2.31. The SMILES string of the molecule is NS(=O)(=O)CCCSc1nnc(-c2cccnc2)n1-c1ccc(Cl)c(Cl)c1. The number of pyridine rings is 1. The van der Waals surface area contributed by atoms with Crippen molar-refractivity contribution < 1.29 is 8.42 Å². The highest BCUT2D eigenvalue weighted by molar-refractivity contribution is 7.99. The molecule has 0 aliphatic rings. The summed E-state index contributed by atoms with van der Waals surface area (Å²) in [6.45, 7) is 0. The van der Waals surface area contributed by atoms with Gasteiger partial charge in [0.05, 0.1) is 21.5 Å². The molecule has 3 rings (SSSR count). The van der Waals surface area contributed by atoms with Crippen molar-refractivity contribution in [2.24, 2.45) is 5.14 Å². The Balaban J connectivity index is 1.96. The number of rotatable bonds is 7. The summed E-state index contributed by atoms with van der Waals surface area (Å²) in [5, 5.41) is 15.0. The molecule has 0 saturated carbocycles. The van der Waals surface area contributed by atoms with Gasteiger partial charge in [0.2, 0.25) is 10.0 Å². The Morgan fingerprint density at radius 1 is 1.15 bits per heavy atom. The lowest BCUT2D eigenvalue weighted by Gasteiger charge is -2.11. The van der Waals surface area contributed by atoms with Gasteiger partial charge in [0.1, 0.15) is 0 Å². The van der Waals surface area contributed by atoms with Crippen molar-refractivity contribution in [3.63, 3.8) is 0 Å². The molecule has 1 aromatic carbocycles. The number of halogens is 2. The van der Waals surface area contributed by atoms with Crippen LogP contribution in [0.3, 0.4) is 0 Å². The van der Waals surface area contributed by atoms with Crippen LogP contribution in [-0.2, 0) is 10.0 Å². The van der Waals surface area contributed by atoms with Crippen LogP contribution in [-0.4, -0.2) is 39.7 Å². The summed E-state index contributed by atoms with van der Waals surface area (Å²) in [6.07, 6.45) is 3.76. The lowest BCUT2D eigenvalue weighted by molar-refractivity contribution is 0.596. The van der Waals surface area contributed by atoms with E-state index in [-0.39, 0.29) is 5.75 Å². The second-order valence-electron chi connectivity index (χ2n) is 5.55. The molecule has 0 aliphatic carbocycles. The molecule has 3 aromatic rings. The molecule has 0 aliphatic heterocycles. The van der Waals surface area contributed by atoms with E-state index in [1.54, 1.807) is 24.5 Å². The average molecular weight is 444 g/mol. The van der Waals surface area contributed by atoms with E-state index in [0.29, 0.717) is 33.2 Å². The van der Waals surface area contributed by atoms with Gasteiger partial charge in [-0.1, -0.05) is 35.0 Å². The normalized spacial score (nSPS) is 11.7. The minimum absolute atomic E-state index is 0.0869. The molecule has 7 nitrogen and oxygen atoms in total. The molecular formula is C16H15Cl2N5O2S2. The van der Waals surface area contributed by atoms with Gasteiger partial charge in [-0.2, -0.15) is 0 Å². The maximum absolute atomic E-state index is 11.1. The van der Waals surface area contributed by atoms with E-state index in [4.69, 9.17) is 28.3 Å². The van der Waals surface area contributed by atoms with Crippen LogP contribution in [0.5, 0.6) is 0 Å². The van der Waals surface area contributed by atoms with Crippen LogP contribution in [0.25, 0.3) is 17.1 Å². The topological polar surface area (TPSA) is 104 Å². The van der Waals surface area contributed by atoms with Gasteiger partial charge in [-0.3, -0.25) is 9.55 Å². The van der Waals surface area contributed by atoms with E-state index in [9.17, 15) is 8.42 Å². The Hall–Kier alpha value is -1.65. The van der Waals surface area contributed by atoms with E-state index in [1.807, 2.05) is 22.8 Å². The molecule has 0 amide bonds. The van der Waals surface area contributed by atoms with Gasteiger partial charge in [-0.25, -0.2) is 13.6 Å². The summed E-state index contributed by atoms with van der Waals surface area (Å²) in [6, 6.07) is 8.91. The molecule has 2 N–H and O–H groups in total. The fraction of sp³-hybridized carbons (Fsp3) is 0.188. The zero-order valence-corrected chi connectivity index (χ0v) is 17.1. The third-order valence-electron chi connectivity index (χ3n) is 3.52. The van der Waals surface area contributed by atoms with Crippen molar-refractivity contribution in [1.82, 2.24) is 19.7 Å². The fourth-order valence-electron chi connectivity index (χ4n) is 2.33. The first-order valence-corrected chi connectivity index (χ1v) is 11.3. The molecule has 0 unspecified atom stereocenters. The van der Waals surface area contributed by atoms with Gasteiger partial charge in [0.15, 0.2) is 11.0 Å². The predicted octanol–water partition coefficient (Wildman–Crippen LogP) is 3.41. The van der Waals surface area contributed by atoms with E-state index in [1.165, 1.54) is 11.8 Å². The first-order chi connectivity index (χ1) is 12.8. The number of benzene rings is 1. The van der Waals surface area contributed by atoms with Gasteiger partial charge in [0.25, 0.3) is 0 Å². The number of nitrogens with two attached hydrogens (primary N) is 1. The molecule has 142 valence electrons. The third kappa shape index (κ3) is 5.20. The van der Waals surface area contributed by atoms with Gasteiger partial charge in [0, 0.05) is 23.7 Å². The molecule has 27 heavy (non-hydrogen) atoms. The fourth-order valence-corrected chi connectivity index (χ4v) is 4.24. The predicted molar refractivity (Wildman–Crippen MR) is 108 cm³/mol. The monoisotopic (exact) mass is 443 g/mol. The first kappa shape index (κ1) is 20.1. The zero-order valence-electron chi connectivity index (χ0n) is 13.9. The highest BCUT2D eigenvalue weighted by Gasteiger charge is 2.17. The Kier molecular flexibility index (Phi) is 6.38. The standard InChI is InChI=1S/C16H15Cl2N5O2S2/c17-13-5-4-12(9-14(13)18)23-15(11-3-1-6-20-10-11)21-22-16(23)26-7-2-8-27(19,24)25/h1,3-6,9-10H,2,7-8H2,(H2,19,24,25). The van der Waals surface area contributed by atoms with Crippen LogP contribution in [0.15, 0.2) is 47.9 Å². The summed E-state index contributed by atoms with van der Waals surface area (Å²) in [5.41, 5.74) is 1.52. The Labute approximate surface area is 171 Å². The number of thioether (sulfide) groups is 1. The van der Waals surface area contributed by atoms with Crippen LogP contribution in [0, 0.1) is 0 Å². The van der Waals surface area contributed by atoms with E-state index >= 15 is 0 Å². The van der Waals surface area contributed by atoms with Gasteiger partial charge >= 0.3 is 0 Å². The highest BCUT2D eigenvalue weighted by atomic mass is 35.5. The summed E-state index contributed by atoms with van der Waals surface area (Å²) >= 11 is 13.6. The van der Waals surface area contributed by atoms with Gasteiger partial charge < -0.3 is 0 Å². The molecule has 0 radical (unpaired) electrons. The molecule has 0 spiro atoms. The smallest absolute Gasteiger partial charge is 0.209 e. The molecule has 0 saturated heterocycles. The summed E-state index contributed by atoms with van der Waals surface area (Å²) in [7, 11) is -3.49. The lowest BCUT2D eigenvalue weighted by atomic mass is 10.2. The van der Waals surface area contributed by atoms with Gasteiger partial charge in [-0.05, 0) is 36.8 Å². The molecule has 2 heterocycles. The number of sulfonamides is 1. The number of nitrogens with zero attached hydrogens (tertiary/aromatic N) is 4. The van der Waals surface area contributed by atoms with E-state index in [2.05, 4.69) is 15.2 Å². The Morgan fingerprint density at radius 2 is 1.96 bits per heavy atom. The minimum atomic E-state index is -3.49. The van der Waals surface area contributed by atoms with Gasteiger partial charge in [-0.15, -0.1) is 10.2 Å². The maximum Gasteiger partial charge on any atom is 0.209 e. The van der Waals surface area contributed by atoms with Crippen LogP contribution in [0.4, 0.5) is 0 Å². The van der Waals surface area contributed by atoms with Crippen LogP contribution in [0.1, 0.15) is 6.42 Å². The molecule has 0 atom stereocenters. The number of aromatic nitrogens is 4. The van der Waals surface area contributed by atoms with Crippen molar-refractivity contribution in [2.75, 3.05) is 11.5 Å². The third-order valence-corrected chi connectivity index (χ3v) is 6.13. The Morgan fingerprint density at radius 3 is 2.63 bits per heavy atom. The molecule has 11 heteroatoms. The zero-order chi connectivity index (χ0) is 19.4. The van der Waals surface area contributed by atoms with E-state index < -0.39 is 10.0 Å². The van der Waals surface area contributed by atoms with Crippen molar-refractivity contribution >= 4 is 45.0 Å². The van der Waals surface area contributed by atoms with Crippen molar-refractivity contribution in [1.29, 1.82) is 0 Å². The number of hydrogen-bond donors (Lipinski definition) is 1.